The largest absolute Gasteiger partial charge is 0.366 e. The van der Waals surface area contributed by atoms with Gasteiger partial charge in [0.05, 0.1) is 11.2 Å². The van der Waals surface area contributed by atoms with Gasteiger partial charge in [0.25, 0.3) is 0 Å². The first-order chi connectivity index (χ1) is 9.04. The van der Waals surface area contributed by atoms with Crippen LogP contribution >= 0.6 is 0 Å². The Morgan fingerprint density at radius 1 is 1.20 bits per heavy atom. The van der Waals surface area contributed by atoms with E-state index in [4.69, 9.17) is 10.5 Å². The van der Waals surface area contributed by atoms with E-state index < -0.39 is 0 Å². The van der Waals surface area contributed by atoms with Crippen molar-refractivity contribution in [3.05, 3.63) is 0 Å². The van der Waals surface area contributed by atoms with Crippen LogP contribution in [0.15, 0.2) is 0 Å². The molecule has 0 saturated carbocycles. The highest BCUT2D eigenvalue weighted by Gasteiger charge is 2.40. The average Bonchev–Trinajstić information content (AvgIpc) is 2.22. The molecule has 0 radical (unpaired) electrons. The Labute approximate surface area is 124 Å². The van der Waals surface area contributed by atoms with Crippen LogP contribution in [0.25, 0.3) is 0 Å². The van der Waals surface area contributed by atoms with Crippen LogP contribution in [0.5, 0.6) is 0 Å². The summed E-state index contributed by atoms with van der Waals surface area (Å²) in [5.74, 6) is 1.08. The molecule has 4 heteroatoms. The van der Waals surface area contributed by atoms with Crippen molar-refractivity contribution < 1.29 is 9.53 Å². The van der Waals surface area contributed by atoms with Crippen molar-refractivity contribution in [2.75, 3.05) is 19.6 Å². The molecule has 0 aliphatic carbocycles. The molecule has 2 N–H and O–H groups in total. The highest BCUT2D eigenvalue weighted by atomic mass is 16.5. The van der Waals surface area contributed by atoms with Gasteiger partial charge >= 0.3 is 0 Å². The lowest BCUT2D eigenvalue weighted by atomic mass is 9.92. The molecule has 0 aromatic carbocycles. The third kappa shape index (κ3) is 5.41. The maximum Gasteiger partial charge on any atom is 0.223 e. The van der Waals surface area contributed by atoms with Gasteiger partial charge in [-0.3, -0.25) is 4.79 Å². The van der Waals surface area contributed by atoms with Gasteiger partial charge in [0.15, 0.2) is 0 Å². The minimum Gasteiger partial charge on any atom is -0.366 e. The van der Waals surface area contributed by atoms with Gasteiger partial charge in [0, 0.05) is 19.5 Å². The van der Waals surface area contributed by atoms with Gasteiger partial charge in [-0.1, -0.05) is 13.8 Å². The van der Waals surface area contributed by atoms with Crippen molar-refractivity contribution in [2.24, 2.45) is 17.6 Å². The SMILES string of the molecule is CC(C)C[C@H](CN)CC(=O)N1CC(C)(C)OC(C)(C)C1. The van der Waals surface area contributed by atoms with Gasteiger partial charge in [-0.15, -0.1) is 0 Å². The Hall–Kier alpha value is -0.610. The van der Waals surface area contributed by atoms with Gasteiger partial charge in [0.1, 0.15) is 0 Å². The van der Waals surface area contributed by atoms with E-state index in [9.17, 15) is 4.79 Å². The fourth-order valence-electron chi connectivity index (χ4n) is 3.27. The van der Waals surface area contributed by atoms with Gasteiger partial charge < -0.3 is 15.4 Å². The van der Waals surface area contributed by atoms with Gasteiger partial charge in [-0.05, 0) is 52.5 Å². The second-order valence-corrected chi connectivity index (χ2v) is 7.81. The Bertz CT molecular complexity index is 321. The summed E-state index contributed by atoms with van der Waals surface area (Å²) < 4.78 is 6.02. The number of ether oxygens (including phenoxy) is 1. The van der Waals surface area contributed by atoms with Crippen molar-refractivity contribution in [1.82, 2.24) is 4.90 Å². The van der Waals surface area contributed by atoms with E-state index in [0.29, 0.717) is 32.0 Å². The average molecular weight is 284 g/mol. The number of nitrogens with two attached hydrogens (primary N) is 1. The van der Waals surface area contributed by atoms with E-state index in [1.54, 1.807) is 0 Å². The highest BCUT2D eigenvalue weighted by Crippen LogP contribution is 2.29. The van der Waals surface area contributed by atoms with E-state index in [1.165, 1.54) is 0 Å². The van der Waals surface area contributed by atoms with Crippen molar-refractivity contribution in [2.45, 2.75) is 65.6 Å². The summed E-state index contributed by atoms with van der Waals surface area (Å²) in [7, 11) is 0. The summed E-state index contributed by atoms with van der Waals surface area (Å²) in [6.45, 7) is 14.4. The van der Waals surface area contributed by atoms with Crippen molar-refractivity contribution in [3.63, 3.8) is 0 Å². The van der Waals surface area contributed by atoms with Crippen LogP contribution in [0.2, 0.25) is 0 Å². The van der Waals surface area contributed by atoms with Crippen LogP contribution in [-0.4, -0.2) is 41.6 Å². The molecule has 1 amide bonds. The van der Waals surface area contributed by atoms with Crippen LogP contribution in [-0.2, 0) is 9.53 Å². The van der Waals surface area contributed by atoms with Crippen LogP contribution < -0.4 is 5.73 Å². The molecule has 1 heterocycles. The minimum atomic E-state index is -0.284. The Morgan fingerprint density at radius 2 is 1.70 bits per heavy atom. The first kappa shape index (κ1) is 17.4. The van der Waals surface area contributed by atoms with Gasteiger partial charge in [-0.25, -0.2) is 0 Å². The molecule has 0 aromatic rings. The second-order valence-electron chi connectivity index (χ2n) is 7.81. The molecule has 1 aliphatic heterocycles. The number of carbonyl (C=O) groups is 1. The summed E-state index contributed by atoms with van der Waals surface area (Å²) in [6, 6.07) is 0. The molecule has 118 valence electrons. The molecule has 0 aromatic heterocycles. The van der Waals surface area contributed by atoms with Crippen molar-refractivity contribution >= 4 is 5.91 Å². The molecular weight excluding hydrogens is 252 g/mol. The molecule has 4 nitrogen and oxygen atoms in total. The normalized spacial score (nSPS) is 22.9. The fraction of sp³-hybridized carbons (Fsp3) is 0.938. The molecule has 0 unspecified atom stereocenters. The van der Waals surface area contributed by atoms with Crippen LogP contribution in [0.1, 0.15) is 54.4 Å². The number of morpholine rings is 1. The van der Waals surface area contributed by atoms with Crippen molar-refractivity contribution in [1.29, 1.82) is 0 Å². The minimum absolute atomic E-state index is 0.213. The fourth-order valence-corrected chi connectivity index (χ4v) is 3.27. The van der Waals surface area contributed by atoms with E-state index in [2.05, 4.69) is 13.8 Å². The number of amides is 1. The Morgan fingerprint density at radius 3 is 2.10 bits per heavy atom. The zero-order valence-electron chi connectivity index (χ0n) is 14.0. The number of nitrogens with zero attached hydrogens (tertiary/aromatic N) is 1. The zero-order chi connectivity index (χ0) is 15.6. The van der Waals surface area contributed by atoms with Crippen molar-refractivity contribution in [3.8, 4) is 0 Å². The highest BCUT2D eigenvalue weighted by molar-refractivity contribution is 5.76. The van der Waals surface area contributed by atoms with Crippen LogP contribution in [0, 0.1) is 11.8 Å². The Kier molecular flexibility index (Phi) is 5.61. The number of hydrogen-bond donors (Lipinski definition) is 1. The molecule has 1 fully saturated rings. The first-order valence-electron chi connectivity index (χ1n) is 7.73. The predicted molar refractivity (Wildman–Crippen MR) is 82.4 cm³/mol. The van der Waals surface area contributed by atoms with E-state index in [1.807, 2.05) is 32.6 Å². The van der Waals surface area contributed by atoms with Gasteiger partial charge in [0.2, 0.25) is 5.91 Å². The standard InChI is InChI=1S/C16H32N2O2/c1-12(2)7-13(9-17)8-14(19)18-10-15(3,4)20-16(5,6)11-18/h12-13H,7-11,17H2,1-6H3/t13-/m0/s1. The molecule has 0 bridgehead atoms. The van der Waals surface area contributed by atoms with E-state index in [-0.39, 0.29) is 23.0 Å². The number of carbonyl (C=O) groups excluding carboxylic acids is 1. The van der Waals surface area contributed by atoms with Gasteiger partial charge in [-0.2, -0.15) is 0 Å². The lowest BCUT2D eigenvalue weighted by molar-refractivity contribution is -0.188. The molecule has 1 rings (SSSR count). The first-order valence-corrected chi connectivity index (χ1v) is 7.73. The van der Waals surface area contributed by atoms with E-state index in [0.717, 1.165) is 6.42 Å². The molecule has 20 heavy (non-hydrogen) atoms. The van der Waals surface area contributed by atoms with Crippen LogP contribution in [0.3, 0.4) is 0 Å². The lowest BCUT2D eigenvalue weighted by Gasteiger charge is -2.47. The Balaban J connectivity index is 2.66. The maximum absolute atomic E-state index is 12.5. The third-order valence-corrected chi connectivity index (χ3v) is 3.65. The molecule has 0 spiro atoms. The monoisotopic (exact) mass is 284 g/mol. The summed E-state index contributed by atoms with van der Waals surface area (Å²) in [5, 5.41) is 0. The molecule has 1 saturated heterocycles. The predicted octanol–water partition coefficient (Wildman–Crippen LogP) is 2.41. The number of hydrogen-bond acceptors (Lipinski definition) is 3. The zero-order valence-corrected chi connectivity index (χ0v) is 14.0. The quantitative estimate of drug-likeness (QED) is 0.843. The molecule has 1 aliphatic rings. The smallest absolute Gasteiger partial charge is 0.223 e. The topological polar surface area (TPSA) is 55.6 Å². The van der Waals surface area contributed by atoms with E-state index >= 15 is 0 Å². The summed E-state index contributed by atoms with van der Waals surface area (Å²) in [6.07, 6.45) is 1.57. The summed E-state index contributed by atoms with van der Waals surface area (Å²) in [5.41, 5.74) is 5.24. The third-order valence-electron chi connectivity index (χ3n) is 3.65. The maximum atomic E-state index is 12.5. The molecular formula is C16H32N2O2. The molecule has 1 atom stereocenters. The lowest BCUT2D eigenvalue weighted by Crippen LogP contribution is -2.58. The summed E-state index contributed by atoms with van der Waals surface area (Å²) in [4.78, 5) is 14.5. The number of rotatable bonds is 5. The van der Waals surface area contributed by atoms with Crippen LogP contribution in [0.4, 0.5) is 0 Å². The summed E-state index contributed by atoms with van der Waals surface area (Å²) >= 11 is 0. The second kappa shape index (κ2) is 6.44.